The molecule has 4 heterocycles. The van der Waals surface area contributed by atoms with E-state index in [9.17, 15) is 9.59 Å². The first-order valence-corrected chi connectivity index (χ1v) is 9.98. The van der Waals surface area contributed by atoms with E-state index in [4.69, 9.17) is 16.0 Å². The lowest BCUT2D eigenvalue weighted by Gasteiger charge is -2.39. The Bertz CT molecular complexity index is 834. The Balaban J connectivity index is 1.35. The third kappa shape index (κ3) is 3.85. The minimum atomic E-state index is -0.155. The van der Waals surface area contributed by atoms with Crippen LogP contribution in [0.1, 0.15) is 23.4 Å². The average Bonchev–Trinajstić information content (AvgIpc) is 3.28. The molecule has 28 heavy (non-hydrogen) atoms. The SMILES string of the molecule is O=C(c1ccco1)N1CCC[C@H](C(=O)N2CCN(c3ncccc3Cl)CC2)C1. The lowest BCUT2D eigenvalue weighted by atomic mass is 9.96. The monoisotopic (exact) mass is 402 g/mol. The van der Waals surface area contributed by atoms with Gasteiger partial charge >= 0.3 is 0 Å². The lowest BCUT2D eigenvalue weighted by molar-refractivity contribution is -0.137. The van der Waals surface area contributed by atoms with E-state index in [1.54, 1.807) is 23.2 Å². The Hall–Kier alpha value is -2.54. The third-order valence-corrected chi connectivity index (χ3v) is 5.71. The summed E-state index contributed by atoms with van der Waals surface area (Å²) in [6, 6.07) is 7.00. The number of amides is 2. The molecule has 0 aliphatic carbocycles. The maximum atomic E-state index is 13.0. The predicted octanol–water partition coefficient (Wildman–Crippen LogP) is 2.53. The average molecular weight is 403 g/mol. The molecule has 0 N–H and O–H groups in total. The molecule has 2 saturated heterocycles. The molecule has 0 radical (unpaired) electrons. The molecule has 2 aliphatic rings. The van der Waals surface area contributed by atoms with E-state index >= 15 is 0 Å². The van der Waals surface area contributed by atoms with E-state index in [1.807, 2.05) is 17.0 Å². The van der Waals surface area contributed by atoms with Gasteiger partial charge in [0, 0.05) is 45.5 Å². The van der Waals surface area contributed by atoms with Gasteiger partial charge in [-0.1, -0.05) is 11.6 Å². The van der Waals surface area contributed by atoms with Crippen molar-refractivity contribution in [3.8, 4) is 0 Å². The number of anilines is 1. The fourth-order valence-electron chi connectivity index (χ4n) is 3.93. The highest BCUT2D eigenvalue weighted by atomic mass is 35.5. The van der Waals surface area contributed by atoms with Gasteiger partial charge in [-0.15, -0.1) is 0 Å². The molecule has 7 nitrogen and oxygen atoms in total. The van der Waals surface area contributed by atoms with Crippen molar-refractivity contribution in [1.29, 1.82) is 0 Å². The summed E-state index contributed by atoms with van der Waals surface area (Å²) in [6.07, 6.45) is 4.86. The molecule has 2 amide bonds. The number of piperidine rings is 1. The molecule has 148 valence electrons. The Kier molecular flexibility index (Phi) is 5.52. The van der Waals surface area contributed by atoms with Crippen LogP contribution in [0.3, 0.4) is 0 Å². The zero-order chi connectivity index (χ0) is 19.5. The zero-order valence-electron chi connectivity index (χ0n) is 15.6. The van der Waals surface area contributed by atoms with Crippen LogP contribution in [0.2, 0.25) is 5.02 Å². The quantitative estimate of drug-likeness (QED) is 0.789. The van der Waals surface area contributed by atoms with Gasteiger partial charge in [0.15, 0.2) is 5.76 Å². The number of piperazine rings is 1. The number of furan rings is 1. The molecule has 1 atom stereocenters. The molecular formula is C20H23ClN4O3. The zero-order valence-corrected chi connectivity index (χ0v) is 16.3. The Morgan fingerprint density at radius 1 is 1.07 bits per heavy atom. The summed E-state index contributed by atoms with van der Waals surface area (Å²) in [7, 11) is 0. The van der Waals surface area contributed by atoms with Gasteiger partial charge in [0.05, 0.1) is 17.2 Å². The Morgan fingerprint density at radius 2 is 1.89 bits per heavy atom. The van der Waals surface area contributed by atoms with Crippen LogP contribution in [0.25, 0.3) is 0 Å². The van der Waals surface area contributed by atoms with Crippen LogP contribution < -0.4 is 4.90 Å². The van der Waals surface area contributed by atoms with Crippen LogP contribution in [0, 0.1) is 5.92 Å². The summed E-state index contributed by atoms with van der Waals surface area (Å²) in [5.74, 6) is 0.927. The third-order valence-electron chi connectivity index (χ3n) is 5.42. The van der Waals surface area contributed by atoms with Crippen molar-refractivity contribution in [3.05, 3.63) is 47.5 Å². The second-order valence-corrected chi connectivity index (χ2v) is 7.60. The van der Waals surface area contributed by atoms with Crippen molar-refractivity contribution >= 4 is 29.2 Å². The van der Waals surface area contributed by atoms with E-state index in [-0.39, 0.29) is 17.7 Å². The topological polar surface area (TPSA) is 69.9 Å². The summed E-state index contributed by atoms with van der Waals surface area (Å²) in [5.41, 5.74) is 0. The minimum Gasteiger partial charge on any atom is -0.459 e. The Labute approximate surface area is 168 Å². The van der Waals surface area contributed by atoms with Gasteiger partial charge in [-0.3, -0.25) is 9.59 Å². The van der Waals surface area contributed by atoms with Crippen molar-refractivity contribution in [3.63, 3.8) is 0 Å². The van der Waals surface area contributed by atoms with Gasteiger partial charge in [0.1, 0.15) is 5.82 Å². The van der Waals surface area contributed by atoms with Gasteiger partial charge in [-0.05, 0) is 37.1 Å². The molecule has 2 aliphatic heterocycles. The van der Waals surface area contributed by atoms with Gasteiger partial charge in [0.2, 0.25) is 5.91 Å². The van der Waals surface area contributed by atoms with Gasteiger partial charge in [-0.2, -0.15) is 0 Å². The van der Waals surface area contributed by atoms with E-state index in [2.05, 4.69) is 9.88 Å². The van der Waals surface area contributed by atoms with Crippen LogP contribution in [-0.4, -0.2) is 65.9 Å². The highest BCUT2D eigenvalue weighted by Crippen LogP contribution is 2.25. The number of halogens is 1. The molecule has 2 fully saturated rings. The number of likely N-dealkylation sites (tertiary alicyclic amines) is 1. The summed E-state index contributed by atoms with van der Waals surface area (Å²) in [4.78, 5) is 35.6. The van der Waals surface area contributed by atoms with Crippen LogP contribution in [-0.2, 0) is 4.79 Å². The standard InChI is InChI=1S/C20H23ClN4O3/c21-16-5-1-7-22-18(16)23-9-11-24(12-10-23)19(26)15-4-2-8-25(14-15)20(27)17-6-3-13-28-17/h1,3,5-7,13,15H,2,4,8-12,14H2/t15-/m0/s1. The number of aromatic nitrogens is 1. The molecule has 8 heteroatoms. The highest BCUT2D eigenvalue weighted by Gasteiger charge is 2.33. The van der Waals surface area contributed by atoms with Gasteiger partial charge in [0.25, 0.3) is 5.91 Å². The van der Waals surface area contributed by atoms with Crippen LogP contribution in [0.15, 0.2) is 41.1 Å². The van der Waals surface area contributed by atoms with E-state index < -0.39 is 0 Å². The largest absolute Gasteiger partial charge is 0.459 e. The molecule has 0 aromatic carbocycles. The second kappa shape index (κ2) is 8.22. The molecule has 0 saturated carbocycles. The highest BCUT2D eigenvalue weighted by molar-refractivity contribution is 6.32. The first kappa shape index (κ1) is 18.8. The van der Waals surface area contributed by atoms with Crippen LogP contribution in [0.5, 0.6) is 0 Å². The molecule has 2 aromatic rings. The Morgan fingerprint density at radius 3 is 2.61 bits per heavy atom. The number of carbonyl (C=O) groups is 2. The fraction of sp³-hybridized carbons (Fsp3) is 0.450. The molecule has 4 rings (SSSR count). The summed E-state index contributed by atoms with van der Waals surface area (Å²) < 4.78 is 5.22. The number of rotatable bonds is 3. The van der Waals surface area contributed by atoms with Crippen LogP contribution in [0.4, 0.5) is 5.82 Å². The van der Waals surface area contributed by atoms with Crippen molar-refractivity contribution in [2.75, 3.05) is 44.2 Å². The van der Waals surface area contributed by atoms with Gasteiger partial charge < -0.3 is 19.1 Å². The van der Waals surface area contributed by atoms with Gasteiger partial charge in [-0.25, -0.2) is 4.98 Å². The van der Waals surface area contributed by atoms with Crippen LogP contribution >= 0.6 is 11.6 Å². The molecule has 0 spiro atoms. The number of hydrogen-bond acceptors (Lipinski definition) is 5. The first-order chi connectivity index (χ1) is 13.6. The molecule has 2 aromatic heterocycles. The maximum Gasteiger partial charge on any atom is 0.289 e. The molecule has 0 bridgehead atoms. The predicted molar refractivity (Wildman–Crippen MR) is 105 cm³/mol. The fourth-order valence-corrected chi connectivity index (χ4v) is 4.17. The number of nitrogens with zero attached hydrogens (tertiary/aromatic N) is 4. The lowest BCUT2D eigenvalue weighted by Crippen LogP contribution is -2.53. The van der Waals surface area contributed by atoms with Crippen molar-refractivity contribution in [2.45, 2.75) is 12.8 Å². The van der Waals surface area contributed by atoms with E-state index in [1.165, 1.54) is 6.26 Å². The summed E-state index contributed by atoms with van der Waals surface area (Å²) in [5, 5.41) is 0.627. The van der Waals surface area contributed by atoms with Crippen molar-refractivity contribution < 1.29 is 14.0 Å². The van der Waals surface area contributed by atoms with Crippen molar-refractivity contribution in [2.24, 2.45) is 5.92 Å². The second-order valence-electron chi connectivity index (χ2n) is 7.19. The van der Waals surface area contributed by atoms with E-state index in [0.717, 1.165) is 18.7 Å². The number of pyridine rings is 1. The summed E-state index contributed by atoms with van der Waals surface area (Å²) in [6.45, 7) is 3.77. The molecule has 0 unspecified atom stereocenters. The number of hydrogen-bond donors (Lipinski definition) is 0. The first-order valence-electron chi connectivity index (χ1n) is 9.60. The molecular weight excluding hydrogens is 380 g/mol. The normalized spacial score (nSPS) is 20.3. The summed E-state index contributed by atoms with van der Waals surface area (Å²) >= 11 is 6.24. The minimum absolute atomic E-state index is 0.128. The van der Waals surface area contributed by atoms with E-state index in [0.29, 0.717) is 50.1 Å². The number of carbonyl (C=O) groups excluding carboxylic acids is 2. The van der Waals surface area contributed by atoms with Crippen molar-refractivity contribution in [1.82, 2.24) is 14.8 Å². The smallest absolute Gasteiger partial charge is 0.289 e. The maximum absolute atomic E-state index is 13.0.